The van der Waals surface area contributed by atoms with Gasteiger partial charge in [-0.15, -0.1) is 0 Å². The van der Waals surface area contributed by atoms with Crippen LogP contribution in [-0.4, -0.2) is 24.2 Å². The SMILES string of the molecule is COC(=O)CC1CCC(Oc2ccc(Br)cn2)CC1. The maximum Gasteiger partial charge on any atom is 0.305 e. The van der Waals surface area contributed by atoms with Gasteiger partial charge < -0.3 is 9.47 Å². The Morgan fingerprint density at radius 3 is 2.68 bits per heavy atom. The summed E-state index contributed by atoms with van der Waals surface area (Å²) in [6, 6.07) is 3.79. The molecule has 5 heteroatoms. The van der Waals surface area contributed by atoms with E-state index in [-0.39, 0.29) is 12.1 Å². The Morgan fingerprint density at radius 1 is 1.37 bits per heavy atom. The van der Waals surface area contributed by atoms with Crippen LogP contribution in [0.5, 0.6) is 5.88 Å². The van der Waals surface area contributed by atoms with E-state index >= 15 is 0 Å². The molecule has 1 aliphatic carbocycles. The van der Waals surface area contributed by atoms with Gasteiger partial charge in [-0.25, -0.2) is 4.98 Å². The first-order chi connectivity index (χ1) is 9.17. The average Bonchev–Trinajstić information content (AvgIpc) is 2.43. The van der Waals surface area contributed by atoms with Crippen molar-refractivity contribution >= 4 is 21.9 Å². The number of halogens is 1. The van der Waals surface area contributed by atoms with Crippen molar-refractivity contribution in [3.05, 3.63) is 22.8 Å². The molecule has 1 aliphatic rings. The van der Waals surface area contributed by atoms with Crippen molar-refractivity contribution in [3.8, 4) is 5.88 Å². The molecule has 1 heterocycles. The fourth-order valence-corrected chi connectivity index (χ4v) is 2.61. The fourth-order valence-electron chi connectivity index (χ4n) is 2.38. The number of hydrogen-bond donors (Lipinski definition) is 0. The molecule has 0 spiro atoms. The molecule has 4 nitrogen and oxygen atoms in total. The molecule has 0 N–H and O–H groups in total. The van der Waals surface area contributed by atoms with Crippen molar-refractivity contribution in [3.63, 3.8) is 0 Å². The lowest BCUT2D eigenvalue weighted by atomic mass is 9.85. The molecule has 0 radical (unpaired) electrons. The lowest BCUT2D eigenvalue weighted by molar-refractivity contribution is -0.142. The van der Waals surface area contributed by atoms with Gasteiger partial charge in [0.25, 0.3) is 0 Å². The summed E-state index contributed by atoms with van der Waals surface area (Å²) in [6.07, 6.45) is 6.44. The van der Waals surface area contributed by atoms with Gasteiger partial charge in [0, 0.05) is 23.2 Å². The summed E-state index contributed by atoms with van der Waals surface area (Å²) in [6.45, 7) is 0. The van der Waals surface area contributed by atoms with Crippen LogP contribution in [0.3, 0.4) is 0 Å². The Hall–Kier alpha value is -1.10. The molecular formula is C14H18BrNO3. The van der Waals surface area contributed by atoms with Gasteiger partial charge in [-0.05, 0) is 53.6 Å². The summed E-state index contributed by atoms with van der Waals surface area (Å²) in [5.41, 5.74) is 0. The van der Waals surface area contributed by atoms with Crippen molar-refractivity contribution in [1.82, 2.24) is 4.98 Å². The smallest absolute Gasteiger partial charge is 0.305 e. The topological polar surface area (TPSA) is 48.4 Å². The first-order valence-corrected chi connectivity index (χ1v) is 7.31. The van der Waals surface area contributed by atoms with Gasteiger partial charge in [0.1, 0.15) is 6.10 Å². The molecule has 1 aromatic rings. The highest BCUT2D eigenvalue weighted by atomic mass is 79.9. The molecule has 2 rings (SSSR count). The van der Waals surface area contributed by atoms with E-state index in [4.69, 9.17) is 9.47 Å². The van der Waals surface area contributed by atoms with Gasteiger partial charge in [-0.1, -0.05) is 0 Å². The molecule has 0 unspecified atom stereocenters. The molecule has 0 bridgehead atoms. The molecule has 0 aliphatic heterocycles. The van der Waals surface area contributed by atoms with Crippen molar-refractivity contribution < 1.29 is 14.3 Å². The van der Waals surface area contributed by atoms with Crippen LogP contribution < -0.4 is 4.74 Å². The average molecular weight is 328 g/mol. The van der Waals surface area contributed by atoms with Crippen molar-refractivity contribution in [2.24, 2.45) is 5.92 Å². The molecular weight excluding hydrogens is 310 g/mol. The van der Waals surface area contributed by atoms with Gasteiger partial charge in [-0.2, -0.15) is 0 Å². The molecule has 1 saturated carbocycles. The van der Waals surface area contributed by atoms with E-state index in [1.807, 2.05) is 12.1 Å². The molecule has 104 valence electrons. The van der Waals surface area contributed by atoms with Crippen molar-refractivity contribution in [2.45, 2.75) is 38.2 Å². The Morgan fingerprint density at radius 2 is 2.11 bits per heavy atom. The Bertz CT molecular complexity index is 413. The van der Waals surface area contributed by atoms with Crippen molar-refractivity contribution in [2.75, 3.05) is 7.11 Å². The van der Waals surface area contributed by atoms with E-state index in [1.54, 1.807) is 6.20 Å². The molecule has 0 saturated heterocycles. The standard InChI is InChI=1S/C14H18BrNO3/c1-18-14(17)8-10-2-5-12(6-3-10)19-13-7-4-11(15)9-16-13/h4,7,9-10,12H,2-3,5-6,8H2,1H3. The van der Waals surface area contributed by atoms with Crippen LogP contribution in [0.25, 0.3) is 0 Å². The number of nitrogens with zero attached hydrogens (tertiary/aromatic N) is 1. The quantitative estimate of drug-likeness (QED) is 0.796. The van der Waals surface area contributed by atoms with Crippen LogP contribution in [0.2, 0.25) is 0 Å². The number of aromatic nitrogens is 1. The minimum Gasteiger partial charge on any atom is -0.474 e. The first-order valence-electron chi connectivity index (χ1n) is 6.52. The monoisotopic (exact) mass is 327 g/mol. The molecule has 0 aromatic carbocycles. The van der Waals surface area contributed by atoms with Crippen LogP contribution >= 0.6 is 15.9 Å². The number of pyridine rings is 1. The molecule has 0 atom stereocenters. The van der Waals surface area contributed by atoms with Crippen LogP contribution in [-0.2, 0) is 9.53 Å². The summed E-state index contributed by atoms with van der Waals surface area (Å²) in [7, 11) is 1.44. The molecule has 1 fully saturated rings. The van der Waals surface area contributed by atoms with E-state index < -0.39 is 0 Å². The zero-order valence-electron chi connectivity index (χ0n) is 11.0. The minimum atomic E-state index is -0.112. The number of carbonyl (C=O) groups is 1. The highest BCUT2D eigenvalue weighted by molar-refractivity contribution is 9.10. The van der Waals surface area contributed by atoms with E-state index in [0.29, 0.717) is 18.2 Å². The van der Waals surface area contributed by atoms with Gasteiger partial charge in [0.15, 0.2) is 0 Å². The number of carbonyl (C=O) groups excluding carboxylic acids is 1. The molecule has 0 amide bonds. The lowest BCUT2D eigenvalue weighted by Gasteiger charge is -2.27. The van der Waals surface area contributed by atoms with Gasteiger partial charge >= 0.3 is 5.97 Å². The largest absolute Gasteiger partial charge is 0.474 e. The van der Waals surface area contributed by atoms with Crippen LogP contribution in [0.4, 0.5) is 0 Å². The number of esters is 1. The maximum absolute atomic E-state index is 11.2. The molecule has 19 heavy (non-hydrogen) atoms. The Labute approximate surface area is 121 Å². The maximum atomic E-state index is 11.2. The minimum absolute atomic E-state index is 0.112. The predicted octanol–water partition coefficient (Wildman–Crippen LogP) is 3.34. The third-order valence-electron chi connectivity index (χ3n) is 3.46. The van der Waals surface area contributed by atoms with E-state index in [1.165, 1.54) is 7.11 Å². The summed E-state index contributed by atoms with van der Waals surface area (Å²) in [5, 5.41) is 0. The van der Waals surface area contributed by atoms with Gasteiger partial charge in [0.05, 0.1) is 7.11 Å². The Balaban J connectivity index is 1.77. The normalized spacial score (nSPS) is 22.8. The second kappa shape index (κ2) is 6.89. The third-order valence-corrected chi connectivity index (χ3v) is 3.93. The summed E-state index contributed by atoms with van der Waals surface area (Å²) in [5.74, 6) is 0.990. The predicted molar refractivity (Wildman–Crippen MR) is 74.9 cm³/mol. The zero-order chi connectivity index (χ0) is 13.7. The highest BCUT2D eigenvalue weighted by Gasteiger charge is 2.24. The summed E-state index contributed by atoms with van der Waals surface area (Å²) >= 11 is 3.35. The van der Waals surface area contributed by atoms with Crippen LogP contribution in [0.15, 0.2) is 22.8 Å². The van der Waals surface area contributed by atoms with E-state index in [9.17, 15) is 4.79 Å². The second-order valence-electron chi connectivity index (χ2n) is 4.86. The van der Waals surface area contributed by atoms with Crippen LogP contribution in [0.1, 0.15) is 32.1 Å². The zero-order valence-corrected chi connectivity index (χ0v) is 12.6. The number of rotatable bonds is 4. The third kappa shape index (κ3) is 4.49. The fraction of sp³-hybridized carbons (Fsp3) is 0.571. The van der Waals surface area contributed by atoms with Gasteiger partial charge in [-0.3, -0.25) is 4.79 Å². The van der Waals surface area contributed by atoms with E-state index in [2.05, 4.69) is 20.9 Å². The first kappa shape index (κ1) is 14.3. The molecule has 1 aromatic heterocycles. The number of ether oxygens (including phenoxy) is 2. The van der Waals surface area contributed by atoms with E-state index in [0.717, 1.165) is 30.2 Å². The Kier molecular flexibility index (Phi) is 5.19. The number of methoxy groups -OCH3 is 1. The second-order valence-corrected chi connectivity index (χ2v) is 5.77. The number of hydrogen-bond acceptors (Lipinski definition) is 4. The van der Waals surface area contributed by atoms with Crippen LogP contribution in [0, 0.1) is 5.92 Å². The van der Waals surface area contributed by atoms with Crippen molar-refractivity contribution in [1.29, 1.82) is 0 Å². The van der Waals surface area contributed by atoms with Gasteiger partial charge in [0.2, 0.25) is 5.88 Å². The lowest BCUT2D eigenvalue weighted by Crippen LogP contribution is -2.25. The summed E-state index contributed by atoms with van der Waals surface area (Å²) < 4.78 is 11.5. The highest BCUT2D eigenvalue weighted by Crippen LogP contribution is 2.29. The summed E-state index contributed by atoms with van der Waals surface area (Å²) in [4.78, 5) is 15.4.